The minimum atomic E-state index is -0.165. The van der Waals surface area contributed by atoms with Gasteiger partial charge in [-0.2, -0.15) is 0 Å². The van der Waals surface area contributed by atoms with Crippen LogP contribution in [0.2, 0.25) is 5.02 Å². The van der Waals surface area contributed by atoms with E-state index in [1.165, 1.54) is 6.39 Å². The topological polar surface area (TPSA) is 55.1 Å². The molecular weight excluding hydrogens is 288 g/mol. The summed E-state index contributed by atoms with van der Waals surface area (Å²) in [7, 11) is 0. The van der Waals surface area contributed by atoms with Crippen molar-refractivity contribution in [2.45, 2.75) is 6.42 Å². The highest BCUT2D eigenvalue weighted by Gasteiger charge is 2.08. The number of oxazole rings is 1. The highest BCUT2D eigenvalue weighted by atomic mass is 35.5. The summed E-state index contributed by atoms with van der Waals surface area (Å²) in [5, 5.41) is 3.32. The fourth-order valence-electron chi connectivity index (χ4n) is 2.12. The maximum atomic E-state index is 12.0. The number of hydrogen-bond donors (Lipinski definition) is 1. The molecule has 1 amide bonds. The van der Waals surface area contributed by atoms with Crippen LogP contribution in [0.3, 0.4) is 0 Å². The van der Waals surface area contributed by atoms with Gasteiger partial charge >= 0.3 is 0 Å². The van der Waals surface area contributed by atoms with Gasteiger partial charge in [0, 0.05) is 6.54 Å². The third-order valence-electron chi connectivity index (χ3n) is 3.21. The summed E-state index contributed by atoms with van der Waals surface area (Å²) in [6.45, 7) is 0.531. The van der Waals surface area contributed by atoms with E-state index in [-0.39, 0.29) is 5.91 Å². The van der Waals surface area contributed by atoms with E-state index in [4.69, 9.17) is 16.0 Å². The smallest absolute Gasteiger partial charge is 0.252 e. The quantitative estimate of drug-likeness (QED) is 0.803. The zero-order valence-electron chi connectivity index (χ0n) is 11.2. The molecule has 3 aromatic rings. The van der Waals surface area contributed by atoms with Crippen LogP contribution < -0.4 is 5.32 Å². The van der Waals surface area contributed by atoms with E-state index in [1.54, 1.807) is 24.3 Å². The van der Waals surface area contributed by atoms with Gasteiger partial charge in [0.15, 0.2) is 12.0 Å². The number of amides is 1. The van der Waals surface area contributed by atoms with Gasteiger partial charge in [-0.25, -0.2) is 4.98 Å². The molecule has 21 heavy (non-hydrogen) atoms. The molecule has 0 saturated heterocycles. The molecule has 0 aliphatic carbocycles. The highest BCUT2D eigenvalue weighted by Crippen LogP contribution is 2.15. The Balaban J connectivity index is 1.60. The van der Waals surface area contributed by atoms with Crippen molar-refractivity contribution in [3.63, 3.8) is 0 Å². The van der Waals surface area contributed by atoms with Crippen LogP contribution in [0.5, 0.6) is 0 Å². The lowest BCUT2D eigenvalue weighted by Crippen LogP contribution is -2.25. The van der Waals surface area contributed by atoms with Gasteiger partial charge in [-0.15, -0.1) is 0 Å². The number of aromatic nitrogens is 1. The first-order valence-electron chi connectivity index (χ1n) is 6.59. The second kappa shape index (κ2) is 5.97. The van der Waals surface area contributed by atoms with Gasteiger partial charge in [0.05, 0.1) is 10.6 Å². The monoisotopic (exact) mass is 300 g/mol. The van der Waals surface area contributed by atoms with Gasteiger partial charge in [0.25, 0.3) is 5.91 Å². The van der Waals surface area contributed by atoms with Gasteiger partial charge in [-0.3, -0.25) is 4.79 Å². The maximum Gasteiger partial charge on any atom is 0.252 e. The average Bonchev–Trinajstić information content (AvgIpc) is 2.95. The fourth-order valence-corrected chi connectivity index (χ4v) is 2.34. The average molecular weight is 301 g/mol. The highest BCUT2D eigenvalue weighted by molar-refractivity contribution is 6.33. The maximum absolute atomic E-state index is 12.0. The number of rotatable bonds is 4. The van der Waals surface area contributed by atoms with E-state index < -0.39 is 0 Å². The summed E-state index contributed by atoms with van der Waals surface area (Å²) in [6, 6.07) is 12.8. The van der Waals surface area contributed by atoms with Crippen LogP contribution in [-0.2, 0) is 6.42 Å². The predicted octanol–water partition coefficient (Wildman–Crippen LogP) is 3.45. The second-order valence-corrected chi connectivity index (χ2v) is 5.05. The number of fused-ring (bicyclic) bond motifs is 1. The first-order chi connectivity index (χ1) is 10.2. The molecule has 0 fully saturated rings. The summed E-state index contributed by atoms with van der Waals surface area (Å²) in [5.41, 5.74) is 3.16. The molecule has 106 valence electrons. The molecule has 2 aromatic carbocycles. The Labute approximate surface area is 126 Å². The van der Waals surface area contributed by atoms with E-state index in [0.29, 0.717) is 23.6 Å². The van der Waals surface area contributed by atoms with E-state index >= 15 is 0 Å². The summed E-state index contributed by atoms with van der Waals surface area (Å²) in [5.74, 6) is -0.165. The molecule has 3 rings (SSSR count). The van der Waals surface area contributed by atoms with Crippen LogP contribution in [0.4, 0.5) is 0 Å². The molecule has 0 aliphatic rings. The molecule has 0 unspecified atom stereocenters. The lowest BCUT2D eigenvalue weighted by molar-refractivity contribution is 0.0954. The third kappa shape index (κ3) is 3.06. The van der Waals surface area contributed by atoms with Gasteiger partial charge in [-0.05, 0) is 36.2 Å². The molecule has 0 spiro atoms. The summed E-state index contributed by atoms with van der Waals surface area (Å²) in [4.78, 5) is 16.1. The van der Waals surface area contributed by atoms with Crippen LogP contribution in [0.15, 0.2) is 53.3 Å². The lowest BCUT2D eigenvalue weighted by Gasteiger charge is -2.06. The molecule has 1 aromatic heterocycles. The minimum Gasteiger partial charge on any atom is -0.443 e. The molecule has 0 atom stereocenters. The Hall–Kier alpha value is -2.33. The minimum absolute atomic E-state index is 0.165. The first-order valence-corrected chi connectivity index (χ1v) is 6.97. The van der Waals surface area contributed by atoms with Crippen molar-refractivity contribution in [1.29, 1.82) is 0 Å². The number of hydrogen-bond acceptors (Lipinski definition) is 3. The Morgan fingerprint density at radius 2 is 2.10 bits per heavy atom. The van der Waals surface area contributed by atoms with Crippen molar-refractivity contribution >= 4 is 28.6 Å². The van der Waals surface area contributed by atoms with E-state index in [9.17, 15) is 4.79 Å². The number of benzene rings is 2. The van der Waals surface area contributed by atoms with Crippen molar-refractivity contribution in [3.8, 4) is 0 Å². The molecule has 1 heterocycles. The van der Waals surface area contributed by atoms with Gasteiger partial charge in [-0.1, -0.05) is 29.8 Å². The normalized spacial score (nSPS) is 10.7. The first kappa shape index (κ1) is 13.6. The van der Waals surface area contributed by atoms with Crippen LogP contribution in [-0.4, -0.2) is 17.4 Å². The SMILES string of the molecule is O=C(NCCc1ccc2ncoc2c1)c1ccccc1Cl. The Morgan fingerprint density at radius 3 is 2.95 bits per heavy atom. The van der Waals surface area contributed by atoms with Gasteiger partial charge in [0.2, 0.25) is 0 Å². The van der Waals surface area contributed by atoms with Crippen molar-refractivity contribution in [2.75, 3.05) is 6.54 Å². The third-order valence-corrected chi connectivity index (χ3v) is 3.54. The zero-order chi connectivity index (χ0) is 14.7. The largest absolute Gasteiger partial charge is 0.443 e. The molecular formula is C16H13ClN2O2. The van der Waals surface area contributed by atoms with Crippen LogP contribution >= 0.6 is 11.6 Å². The van der Waals surface area contributed by atoms with Crippen molar-refractivity contribution in [1.82, 2.24) is 10.3 Å². The number of carbonyl (C=O) groups excluding carboxylic acids is 1. The molecule has 0 aliphatic heterocycles. The van der Waals surface area contributed by atoms with Crippen LogP contribution in [0.1, 0.15) is 15.9 Å². The molecule has 1 N–H and O–H groups in total. The van der Waals surface area contributed by atoms with Crippen molar-refractivity contribution in [2.24, 2.45) is 0 Å². The molecule has 5 heteroatoms. The zero-order valence-corrected chi connectivity index (χ0v) is 11.9. The molecule has 0 radical (unpaired) electrons. The number of carbonyl (C=O) groups is 1. The van der Waals surface area contributed by atoms with Gasteiger partial charge < -0.3 is 9.73 Å². The fraction of sp³-hybridized carbons (Fsp3) is 0.125. The second-order valence-electron chi connectivity index (χ2n) is 4.64. The van der Waals surface area contributed by atoms with Crippen LogP contribution in [0, 0.1) is 0 Å². The van der Waals surface area contributed by atoms with E-state index in [0.717, 1.165) is 16.7 Å². The summed E-state index contributed by atoms with van der Waals surface area (Å²) >= 11 is 5.99. The molecule has 0 saturated carbocycles. The Kier molecular flexibility index (Phi) is 3.88. The van der Waals surface area contributed by atoms with Crippen LogP contribution in [0.25, 0.3) is 11.1 Å². The lowest BCUT2D eigenvalue weighted by atomic mass is 10.1. The van der Waals surface area contributed by atoms with Gasteiger partial charge in [0.1, 0.15) is 5.52 Å². The molecule has 0 bridgehead atoms. The van der Waals surface area contributed by atoms with Crippen molar-refractivity contribution in [3.05, 3.63) is 65.0 Å². The Bertz CT molecular complexity index is 783. The predicted molar refractivity (Wildman–Crippen MR) is 81.5 cm³/mol. The van der Waals surface area contributed by atoms with E-state index in [1.807, 2.05) is 18.2 Å². The summed E-state index contributed by atoms with van der Waals surface area (Å²) in [6.07, 6.45) is 2.14. The van der Waals surface area contributed by atoms with E-state index in [2.05, 4.69) is 10.3 Å². The summed E-state index contributed by atoms with van der Waals surface area (Å²) < 4.78 is 5.26. The Morgan fingerprint density at radius 1 is 1.24 bits per heavy atom. The van der Waals surface area contributed by atoms with Crippen molar-refractivity contribution < 1.29 is 9.21 Å². The number of nitrogens with zero attached hydrogens (tertiary/aromatic N) is 1. The number of halogens is 1. The molecule has 4 nitrogen and oxygen atoms in total. The standard InChI is InChI=1S/C16H13ClN2O2/c17-13-4-2-1-3-12(13)16(20)18-8-7-11-5-6-14-15(9-11)21-10-19-14/h1-6,9-10H,7-8H2,(H,18,20). The number of nitrogens with one attached hydrogen (secondary N) is 1.